The Morgan fingerprint density at radius 1 is 0.818 bits per heavy atom. The molecule has 0 bridgehead atoms. The molecular formula is C37H36N4O3. The molecule has 44 heavy (non-hydrogen) atoms. The number of carbonyl (C=O) groups excluding carboxylic acids is 2. The van der Waals surface area contributed by atoms with Gasteiger partial charge in [-0.2, -0.15) is 0 Å². The van der Waals surface area contributed by atoms with Crippen molar-refractivity contribution >= 4 is 28.3 Å². The first-order chi connectivity index (χ1) is 21.4. The quantitative estimate of drug-likeness (QED) is 0.243. The second-order valence-corrected chi connectivity index (χ2v) is 11.9. The molecule has 5 aromatic rings. The number of hydrogen-bond acceptors (Lipinski definition) is 4. The molecule has 0 N–H and O–H groups in total. The standard InChI is InChI=1S/C37H36N4O3/c1-38(2)28-19-20-39(23-28)37(43)34-18-16-29-24-41(33-14-7-5-10-27(33)22-40(29)34)36(42)26-15-17-32(35(21-26)44-3)31-13-8-11-25-9-4-6-12-30(25)31/h4-18,21,28H,19-20,22-24H2,1-3H3/t28-/m1/s1. The third-order valence-corrected chi connectivity index (χ3v) is 9.18. The molecular weight excluding hydrogens is 548 g/mol. The predicted octanol–water partition coefficient (Wildman–Crippen LogP) is 6.30. The van der Waals surface area contributed by atoms with Crippen molar-refractivity contribution in [2.45, 2.75) is 25.6 Å². The van der Waals surface area contributed by atoms with Crippen molar-refractivity contribution in [2.24, 2.45) is 0 Å². The SMILES string of the molecule is COc1cc(C(=O)N2Cc3ccc(C(=O)N4CC[C@@H](N(C)C)C4)n3Cc3ccccc32)ccc1-c1cccc2ccccc12. The zero-order valence-electron chi connectivity index (χ0n) is 25.4. The van der Waals surface area contributed by atoms with Crippen LogP contribution < -0.4 is 9.64 Å². The maximum Gasteiger partial charge on any atom is 0.270 e. The number of hydrogen-bond donors (Lipinski definition) is 0. The number of fused-ring (bicyclic) bond motifs is 3. The lowest BCUT2D eigenvalue weighted by atomic mass is 9.96. The van der Waals surface area contributed by atoms with Gasteiger partial charge in [0.2, 0.25) is 0 Å². The molecule has 7 heteroatoms. The molecule has 1 fully saturated rings. The third-order valence-electron chi connectivity index (χ3n) is 9.18. The Hall–Kier alpha value is -4.88. The number of likely N-dealkylation sites (tertiary alicyclic amines) is 1. The van der Waals surface area contributed by atoms with Gasteiger partial charge in [-0.1, -0.05) is 60.7 Å². The summed E-state index contributed by atoms with van der Waals surface area (Å²) < 4.78 is 7.94. The summed E-state index contributed by atoms with van der Waals surface area (Å²) in [4.78, 5) is 34.0. The number of anilines is 1. The third kappa shape index (κ3) is 4.83. The summed E-state index contributed by atoms with van der Waals surface area (Å²) in [5, 5.41) is 2.28. The molecule has 0 saturated carbocycles. The van der Waals surface area contributed by atoms with Crippen molar-refractivity contribution in [3.8, 4) is 16.9 Å². The van der Waals surface area contributed by atoms with Gasteiger partial charge in [-0.25, -0.2) is 0 Å². The van der Waals surface area contributed by atoms with Gasteiger partial charge in [-0.05, 0) is 78.8 Å². The summed E-state index contributed by atoms with van der Waals surface area (Å²) in [7, 11) is 5.78. The van der Waals surface area contributed by atoms with Gasteiger partial charge in [0.05, 0.1) is 20.2 Å². The smallest absolute Gasteiger partial charge is 0.270 e. The van der Waals surface area contributed by atoms with E-state index in [1.165, 1.54) is 0 Å². The number of likely N-dealkylation sites (N-methyl/N-ethyl adjacent to an activating group) is 1. The average Bonchev–Trinajstić information content (AvgIpc) is 3.67. The molecule has 0 radical (unpaired) electrons. The molecule has 4 aromatic carbocycles. The van der Waals surface area contributed by atoms with Gasteiger partial charge in [0, 0.05) is 41.6 Å². The Morgan fingerprint density at radius 3 is 2.43 bits per heavy atom. The number of methoxy groups -OCH3 is 1. The van der Waals surface area contributed by atoms with Crippen LogP contribution in [0.1, 0.15) is 38.5 Å². The lowest BCUT2D eigenvalue weighted by molar-refractivity contribution is 0.0772. The molecule has 1 saturated heterocycles. The van der Waals surface area contributed by atoms with Gasteiger partial charge >= 0.3 is 0 Å². The Kier molecular flexibility index (Phi) is 7.18. The highest BCUT2D eigenvalue weighted by molar-refractivity contribution is 6.08. The molecule has 0 unspecified atom stereocenters. The van der Waals surface area contributed by atoms with Crippen molar-refractivity contribution < 1.29 is 14.3 Å². The first-order valence-corrected chi connectivity index (χ1v) is 15.1. The molecule has 2 aliphatic heterocycles. The fraction of sp³-hybridized carbons (Fsp3) is 0.243. The molecule has 2 amide bonds. The number of rotatable bonds is 5. The van der Waals surface area contributed by atoms with Crippen LogP contribution in [-0.4, -0.2) is 66.5 Å². The van der Waals surface area contributed by atoms with Crippen LogP contribution in [0.2, 0.25) is 0 Å². The van der Waals surface area contributed by atoms with Crippen LogP contribution in [0, 0.1) is 0 Å². The highest BCUT2D eigenvalue weighted by Gasteiger charge is 2.32. The summed E-state index contributed by atoms with van der Waals surface area (Å²) in [6.07, 6.45) is 0.972. The second-order valence-electron chi connectivity index (χ2n) is 11.9. The minimum absolute atomic E-state index is 0.0478. The number of ether oxygens (including phenoxy) is 1. The van der Waals surface area contributed by atoms with Gasteiger partial charge in [-0.15, -0.1) is 0 Å². The molecule has 1 atom stereocenters. The first-order valence-electron chi connectivity index (χ1n) is 15.1. The molecule has 2 aliphatic rings. The van der Waals surface area contributed by atoms with E-state index in [4.69, 9.17) is 4.74 Å². The van der Waals surface area contributed by atoms with Crippen LogP contribution >= 0.6 is 0 Å². The zero-order chi connectivity index (χ0) is 30.4. The fourth-order valence-corrected chi connectivity index (χ4v) is 6.70. The van der Waals surface area contributed by atoms with E-state index >= 15 is 0 Å². The number of aromatic nitrogens is 1. The molecule has 0 spiro atoms. The van der Waals surface area contributed by atoms with Crippen LogP contribution in [-0.2, 0) is 13.1 Å². The minimum Gasteiger partial charge on any atom is -0.496 e. The Labute approximate surface area is 257 Å². The molecule has 3 heterocycles. The highest BCUT2D eigenvalue weighted by Crippen LogP contribution is 2.37. The molecule has 7 rings (SSSR count). The molecule has 7 nitrogen and oxygen atoms in total. The van der Waals surface area contributed by atoms with E-state index in [1.54, 1.807) is 7.11 Å². The summed E-state index contributed by atoms with van der Waals surface area (Å²) >= 11 is 0. The average molecular weight is 585 g/mol. The topological polar surface area (TPSA) is 58.0 Å². The van der Waals surface area contributed by atoms with Gasteiger partial charge in [0.15, 0.2) is 0 Å². The fourth-order valence-electron chi connectivity index (χ4n) is 6.70. The maximum atomic E-state index is 14.3. The lowest BCUT2D eigenvalue weighted by Crippen LogP contribution is -2.35. The number of para-hydroxylation sites is 1. The molecule has 222 valence electrons. The van der Waals surface area contributed by atoms with Crippen LogP contribution in [0.15, 0.2) is 97.1 Å². The van der Waals surface area contributed by atoms with Crippen molar-refractivity contribution in [2.75, 3.05) is 39.2 Å². The van der Waals surface area contributed by atoms with Crippen LogP contribution in [0.25, 0.3) is 21.9 Å². The second kappa shape index (κ2) is 11.3. The summed E-state index contributed by atoms with van der Waals surface area (Å²) in [6, 6.07) is 32.5. The van der Waals surface area contributed by atoms with E-state index in [0.29, 0.717) is 36.1 Å². The zero-order valence-corrected chi connectivity index (χ0v) is 25.4. The number of amides is 2. The predicted molar refractivity (Wildman–Crippen MR) is 174 cm³/mol. The summed E-state index contributed by atoms with van der Waals surface area (Å²) in [5.74, 6) is 0.580. The van der Waals surface area contributed by atoms with Gasteiger partial charge in [-0.3, -0.25) is 9.59 Å². The van der Waals surface area contributed by atoms with E-state index in [-0.39, 0.29) is 11.8 Å². The normalized spacial score (nSPS) is 16.1. The minimum atomic E-state index is -0.115. The van der Waals surface area contributed by atoms with Gasteiger partial charge in [0.25, 0.3) is 11.8 Å². The van der Waals surface area contributed by atoms with Gasteiger partial charge in [0.1, 0.15) is 11.4 Å². The van der Waals surface area contributed by atoms with E-state index in [0.717, 1.165) is 58.4 Å². The van der Waals surface area contributed by atoms with Crippen LogP contribution in [0.5, 0.6) is 5.75 Å². The van der Waals surface area contributed by atoms with E-state index in [1.807, 2.05) is 82.6 Å². The number of carbonyl (C=O) groups is 2. The van der Waals surface area contributed by atoms with E-state index in [2.05, 4.69) is 47.8 Å². The van der Waals surface area contributed by atoms with Gasteiger partial charge < -0.3 is 24.0 Å². The largest absolute Gasteiger partial charge is 0.496 e. The van der Waals surface area contributed by atoms with Crippen LogP contribution in [0.3, 0.4) is 0 Å². The lowest BCUT2D eigenvalue weighted by Gasteiger charge is -2.23. The van der Waals surface area contributed by atoms with Crippen molar-refractivity contribution in [3.63, 3.8) is 0 Å². The molecule has 1 aromatic heterocycles. The summed E-state index contributed by atoms with van der Waals surface area (Å²) in [5.41, 5.74) is 5.99. The monoisotopic (exact) mass is 584 g/mol. The number of benzene rings is 4. The maximum absolute atomic E-state index is 14.3. The highest BCUT2D eigenvalue weighted by atomic mass is 16.5. The van der Waals surface area contributed by atoms with Crippen LogP contribution in [0.4, 0.5) is 5.69 Å². The summed E-state index contributed by atoms with van der Waals surface area (Å²) in [6.45, 7) is 2.36. The van der Waals surface area contributed by atoms with Crippen molar-refractivity contribution in [1.82, 2.24) is 14.4 Å². The van der Waals surface area contributed by atoms with E-state index in [9.17, 15) is 9.59 Å². The van der Waals surface area contributed by atoms with Crippen molar-refractivity contribution in [3.05, 3.63) is 120 Å². The van der Waals surface area contributed by atoms with Crippen molar-refractivity contribution in [1.29, 1.82) is 0 Å². The Bertz CT molecular complexity index is 1890. The Balaban J connectivity index is 1.23. The Morgan fingerprint density at radius 2 is 1.61 bits per heavy atom. The van der Waals surface area contributed by atoms with E-state index < -0.39 is 0 Å². The number of nitrogens with zero attached hydrogens (tertiary/aromatic N) is 4. The first kappa shape index (κ1) is 27.9. The molecule has 0 aliphatic carbocycles.